The number of halogens is 2. The minimum absolute atomic E-state index is 0.107. The molecule has 0 atom stereocenters. The van der Waals surface area contributed by atoms with Crippen molar-refractivity contribution >= 4 is 22.0 Å². The van der Waals surface area contributed by atoms with Crippen LogP contribution in [0.3, 0.4) is 0 Å². The standard InChI is InChI=1S/C17H20BrFN4O3/c1-17(2,3)21-15(24)26-10-12(8-19)9-23-16(25)22(11-20-23)14-6-4-5-13(18)7-14/h4-8,11H,9-10H2,1-3H3,(H,21,24)/b12-8-. The molecule has 0 aliphatic heterocycles. The molecule has 0 aliphatic carbocycles. The zero-order valence-electron chi connectivity index (χ0n) is 14.7. The van der Waals surface area contributed by atoms with Crippen LogP contribution in [0.15, 0.2) is 51.8 Å². The first-order chi connectivity index (χ1) is 12.2. The summed E-state index contributed by atoms with van der Waals surface area (Å²) >= 11 is 3.34. The Morgan fingerprint density at radius 2 is 2.15 bits per heavy atom. The summed E-state index contributed by atoms with van der Waals surface area (Å²) < 4.78 is 21.3. The molecule has 1 N–H and O–H groups in total. The molecule has 0 fully saturated rings. The van der Waals surface area contributed by atoms with Crippen LogP contribution in [0.25, 0.3) is 5.69 Å². The van der Waals surface area contributed by atoms with Gasteiger partial charge in [0.05, 0.1) is 18.6 Å². The molecule has 0 saturated heterocycles. The van der Waals surface area contributed by atoms with Gasteiger partial charge >= 0.3 is 11.8 Å². The summed E-state index contributed by atoms with van der Waals surface area (Å²) in [5, 5.41) is 6.59. The van der Waals surface area contributed by atoms with Gasteiger partial charge in [-0.2, -0.15) is 5.10 Å². The zero-order chi connectivity index (χ0) is 19.3. The number of benzene rings is 1. The summed E-state index contributed by atoms with van der Waals surface area (Å²) in [4.78, 5) is 24.1. The number of nitrogens with zero attached hydrogens (tertiary/aromatic N) is 3. The number of ether oxygens (including phenoxy) is 1. The van der Waals surface area contributed by atoms with E-state index in [1.165, 1.54) is 10.9 Å². The summed E-state index contributed by atoms with van der Waals surface area (Å²) in [5.74, 6) is 0. The van der Waals surface area contributed by atoms with Crippen LogP contribution in [0.2, 0.25) is 0 Å². The topological polar surface area (TPSA) is 78.2 Å². The first kappa shape index (κ1) is 19.9. The molecule has 1 aromatic heterocycles. The quantitative estimate of drug-likeness (QED) is 0.795. The second-order valence-corrected chi connectivity index (χ2v) is 7.56. The van der Waals surface area contributed by atoms with E-state index in [1.54, 1.807) is 39.0 Å². The number of aromatic nitrogens is 3. The normalized spacial score (nSPS) is 12.1. The fraction of sp³-hybridized carbons (Fsp3) is 0.353. The number of carbonyl (C=O) groups is 1. The van der Waals surface area contributed by atoms with Crippen molar-refractivity contribution in [2.45, 2.75) is 32.9 Å². The Bertz CT molecular complexity index is 867. The molecule has 0 saturated carbocycles. The Hall–Kier alpha value is -2.42. The number of carbonyl (C=O) groups excluding carboxylic acids is 1. The van der Waals surface area contributed by atoms with Crippen LogP contribution in [0.4, 0.5) is 9.18 Å². The lowest BCUT2D eigenvalue weighted by Gasteiger charge is -2.20. The van der Waals surface area contributed by atoms with Gasteiger partial charge in [0.2, 0.25) is 0 Å². The Balaban J connectivity index is 2.06. The Morgan fingerprint density at radius 1 is 1.42 bits per heavy atom. The molecule has 140 valence electrons. The Labute approximate surface area is 158 Å². The van der Waals surface area contributed by atoms with E-state index in [0.29, 0.717) is 12.0 Å². The molecule has 1 amide bonds. The van der Waals surface area contributed by atoms with Crippen LogP contribution in [0.5, 0.6) is 0 Å². The summed E-state index contributed by atoms with van der Waals surface area (Å²) in [6, 6.07) is 7.14. The van der Waals surface area contributed by atoms with Crippen LogP contribution in [0.1, 0.15) is 20.8 Å². The van der Waals surface area contributed by atoms with Gasteiger partial charge in [-0.25, -0.2) is 23.2 Å². The number of hydrogen-bond acceptors (Lipinski definition) is 4. The molecule has 0 aliphatic rings. The molecule has 1 aromatic carbocycles. The molecule has 0 spiro atoms. The highest BCUT2D eigenvalue weighted by molar-refractivity contribution is 9.10. The van der Waals surface area contributed by atoms with Gasteiger partial charge in [0.1, 0.15) is 12.9 Å². The fourth-order valence-corrected chi connectivity index (χ4v) is 2.44. The van der Waals surface area contributed by atoms with Gasteiger partial charge in [0.15, 0.2) is 0 Å². The molecule has 0 unspecified atom stereocenters. The maximum Gasteiger partial charge on any atom is 0.407 e. The highest BCUT2D eigenvalue weighted by Gasteiger charge is 2.16. The van der Waals surface area contributed by atoms with E-state index in [0.717, 1.165) is 9.15 Å². The van der Waals surface area contributed by atoms with Gasteiger partial charge in [-0.15, -0.1) is 0 Å². The molecule has 2 rings (SSSR count). The second kappa shape index (κ2) is 8.31. The van der Waals surface area contributed by atoms with Crippen molar-refractivity contribution in [2.24, 2.45) is 0 Å². The fourth-order valence-electron chi connectivity index (χ4n) is 2.05. The van der Waals surface area contributed by atoms with Crippen LogP contribution in [-0.2, 0) is 11.3 Å². The molecule has 9 heteroatoms. The van der Waals surface area contributed by atoms with Crippen LogP contribution in [-0.4, -0.2) is 32.6 Å². The molecule has 1 heterocycles. The smallest absolute Gasteiger partial charge is 0.407 e. The first-order valence-corrected chi connectivity index (χ1v) is 8.62. The Morgan fingerprint density at radius 3 is 2.77 bits per heavy atom. The van der Waals surface area contributed by atoms with Crippen LogP contribution in [0, 0.1) is 0 Å². The van der Waals surface area contributed by atoms with E-state index in [-0.39, 0.29) is 18.7 Å². The molecule has 0 bridgehead atoms. The minimum Gasteiger partial charge on any atom is -0.445 e. The van der Waals surface area contributed by atoms with Crippen LogP contribution >= 0.6 is 15.9 Å². The van der Waals surface area contributed by atoms with Gasteiger partial charge in [-0.05, 0) is 39.0 Å². The highest BCUT2D eigenvalue weighted by Crippen LogP contribution is 2.13. The van der Waals surface area contributed by atoms with E-state index in [9.17, 15) is 14.0 Å². The van der Waals surface area contributed by atoms with E-state index in [2.05, 4.69) is 26.3 Å². The van der Waals surface area contributed by atoms with Gasteiger partial charge < -0.3 is 10.1 Å². The van der Waals surface area contributed by atoms with Gasteiger partial charge in [-0.3, -0.25) is 0 Å². The maximum atomic E-state index is 13.1. The van der Waals surface area contributed by atoms with Crippen molar-refractivity contribution in [1.29, 1.82) is 0 Å². The van der Waals surface area contributed by atoms with E-state index < -0.39 is 17.3 Å². The molecule has 0 radical (unpaired) electrons. The second-order valence-electron chi connectivity index (χ2n) is 6.64. The summed E-state index contributed by atoms with van der Waals surface area (Å²) in [6.45, 7) is 4.99. The van der Waals surface area contributed by atoms with E-state index in [4.69, 9.17) is 4.74 Å². The SMILES string of the molecule is CC(C)(C)NC(=O)OC/C(=C\F)Cn1ncn(-c2cccc(Br)c2)c1=O. The lowest BCUT2D eigenvalue weighted by molar-refractivity contribution is 0.145. The number of hydrogen-bond donors (Lipinski definition) is 1. The Kier molecular flexibility index (Phi) is 6.36. The van der Waals surface area contributed by atoms with Crippen molar-refractivity contribution in [3.8, 4) is 5.69 Å². The third-order valence-corrected chi connectivity index (χ3v) is 3.69. The first-order valence-electron chi connectivity index (χ1n) is 7.83. The van der Waals surface area contributed by atoms with Crippen molar-refractivity contribution in [3.63, 3.8) is 0 Å². The molecule has 26 heavy (non-hydrogen) atoms. The minimum atomic E-state index is -0.663. The number of nitrogens with one attached hydrogen (secondary N) is 1. The predicted molar refractivity (Wildman–Crippen MR) is 99.0 cm³/mol. The molecule has 7 nitrogen and oxygen atoms in total. The summed E-state index contributed by atoms with van der Waals surface area (Å²) in [6.07, 6.45) is 1.01. The summed E-state index contributed by atoms with van der Waals surface area (Å²) in [7, 11) is 0. The average Bonchev–Trinajstić information content (AvgIpc) is 2.90. The van der Waals surface area contributed by atoms with Gasteiger partial charge in [-0.1, -0.05) is 22.0 Å². The lowest BCUT2D eigenvalue weighted by atomic mass is 10.1. The molecular formula is C17H20BrFN4O3. The zero-order valence-corrected chi connectivity index (χ0v) is 16.3. The van der Waals surface area contributed by atoms with Crippen molar-refractivity contribution in [1.82, 2.24) is 19.7 Å². The average molecular weight is 427 g/mol. The molecular weight excluding hydrogens is 407 g/mol. The number of alkyl carbamates (subject to hydrolysis) is 1. The van der Waals surface area contributed by atoms with Gasteiger partial charge in [0.25, 0.3) is 0 Å². The van der Waals surface area contributed by atoms with Gasteiger partial charge in [0, 0.05) is 15.6 Å². The number of amides is 1. The lowest BCUT2D eigenvalue weighted by Crippen LogP contribution is -2.41. The van der Waals surface area contributed by atoms with Crippen molar-refractivity contribution in [3.05, 3.63) is 57.5 Å². The predicted octanol–water partition coefficient (Wildman–Crippen LogP) is 3.17. The third kappa shape index (κ3) is 5.55. The largest absolute Gasteiger partial charge is 0.445 e. The monoisotopic (exact) mass is 426 g/mol. The third-order valence-electron chi connectivity index (χ3n) is 3.19. The van der Waals surface area contributed by atoms with Crippen molar-refractivity contribution in [2.75, 3.05) is 6.61 Å². The maximum absolute atomic E-state index is 13.1. The van der Waals surface area contributed by atoms with Crippen LogP contribution < -0.4 is 11.0 Å². The van der Waals surface area contributed by atoms with E-state index in [1.807, 2.05) is 6.07 Å². The van der Waals surface area contributed by atoms with E-state index >= 15 is 0 Å². The van der Waals surface area contributed by atoms with Crippen molar-refractivity contribution < 1.29 is 13.9 Å². The summed E-state index contributed by atoms with van der Waals surface area (Å²) in [5.41, 5.74) is -0.157. The number of rotatable bonds is 5. The highest BCUT2D eigenvalue weighted by atomic mass is 79.9. The molecule has 2 aromatic rings.